The maximum Gasteiger partial charge on any atom is 0.0523 e. The van der Waals surface area contributed by atoms with Crippen molar-refractivity contribution in [2.45, 2.75) is 20.3 Å². The van der Waals surface area contributed by atoms with Crippen LogP contribution >= 0.6 is 15.9 Å². The van der Waals surface area contributed by atoms with Crippen molar-refractivity contribution >= 4 is 21.6 Å². The Hall–Kier alpha value is -0.580. The SMILES string of the molecule is CCc1cc(Br)ccc1NCC(C)(CO)CO. The Morgan fingerprint density at radius 2 is 1.94 bits per heavy atom. The minimum Gasteiger partial charge on any atom is -0.396 e. The molecule has 0 unspecified atom stereocenters. The van der Waals surface area contributed by atoms with E-state index < -0.39 is 5.41 Å². The van der Waals surface area contributed by atoms with Gasteiger partial charge in [0.25, 0.3) is 0 Å². The third-order valence-corrected chi connectivity index (χ3v) is 3.41. The summed E-state index contributed by atoms with van der Waals surface area (Å²) in [6.07, 6.45) is 0.941. The van der Waals surface area contributed by atoms with Crippen molar-refractivity contribution < 1.29 is 10.2 Å². The summed E-state index contributed by atoms with van der Waals surface area (Å²) in [6.45, 7) is 4.44. The van der Waals surface area contributed by atoms with Gasteiger partial charge in [0.1, 0.15) is 0 Å². The molecule has 0 aliphatic heterocycles. The number of rotatable bonds is 6. The summed E-state index contributed by atoms with van der Waals surface area (Å²) in [5.41, 5.74) is 1.79. The van der Waals surface area contributed by atoms with E-state index in [1.807, 2.05) is 19.1 Å². The van der Waals surface area contributed by atoms with Gasteiger partial charge in [-0.3, -0.25) is 0 Å². The Bertz CT molecular complexity index is 364. The van der Waals surface area contributed by atoms with Crippen molar-refractivity contribution in [3.8, 4) is 0 Å². The van der Waals surface area contributed by atoms with Crippen molar-refractivity contribution in [1.82, 2.24) is 0 Å². The van der Waals surface area contributed by atoms with Crippen LogP contribution in [0.25, 0.3) is 0 Å². The maximum atomic E-state index is 9.23. The van der Waals surface area contributed by atoms with Crippen molar-refractivity contribution in [2.75, 3.05) is 25.1 Å². The van der Waals surface area contributed by atoms with Gasteiger partial charge in [-0.05, 0) is 30.2 Å². The van der Waals surface area contributed by atoms with Gasteiger partial charge in [-0.2, -0.15) is 0 Å². The summed E-state index contributed by atoms with van der Waals surface area (Å²) in [4.78, 5) is 0. The molecular weight excluding hydrogens is 282 g/mol. The van der Waals surface area contributed by atoms with E-state index in [2.05, 4.69) is 34.2 Å². The lowest BCUT2D eigenvalue weighted by atomic mass is 9.93. The third kappa shape index (κ3) is 3.98. The fraction of sp³-hybridized carbons (Fsp3) is 0.538. The molecule has 0 bridgehead atoms. The molecule has 0 saturated carbocycles. The zero-order valence-electron chi connectivity index (χ0n) is 10.3. The van der Waals surface area contributed by atoms with Gasteiger partial charge in [0.05, 0.1) is 13.2 Å². The lowest BCUT2D eigenvalue weighted by molar-refractivity contribution is 0.0806. The number of hydrogen-bond donors (Lipinski definition) is 3. The van der Waals surface area contributed by atoms with Gasteiger partial charge in [0, 0.05) is 22.1 Å². The van der Waals surface area contributed by atoms with Gasteiger partial charge in [-0.25, -0.2) is 0 Å². The van der Waals surface area contributed by atoms with Crippen LogP contribution in [0.3, 0.4) is 0 Å². The highest BCUT2D eigenvalue weighted by Gasteiger charge is 2.22. The Balaban J connectivity index is 2.75. The number of halogens is 1. The Kier molecular flexibility index (Phi) is 5.43. The average Bonchev–Trinajstić information content (AvgIpc) is 2.36. The molecule has 4 heteroatoms. The van der Waals surface area contributed by atoms with Crippen LogP contribution in [0, 0.1) is 5.41 Å². The monoisotopic (exact) mass is 301 g/mol. The highest BCUT2D eigenvalue weighted by Crippen LogP contribution is 2.23. The fourth-order valence-electron chi connectivity index (χ4n) is 1.50. The standard InChI is InChI=1S/C13H20BrNO2/c1-3-10-6-11(14)4-5-12(10)15-7-13(2,8-16)9-17/h4-6,15-17H,3,7-9H2,1-2H3. The summed E-state index contributed by atoms with van der Waals surface area (Å²) in [5, 5.41) is 21.7. The molecule has 0 spiro atoms. The minimum atomic E-state index is -0.488. The molecule has 17 heavy (non-hydrogen) atoms. The number of hydrogen-bond acceptors (Lipinski definition) is 3. The molecule has 1 rings (SSSR count). The second kappa shape index (κ2) is 6.38. The molecule has 3 nitrogen and oxygen atoms in total. The number of anilines is 1. The predicted octanol–water partition coefficient (Wildman–Crippen LogP) is 2.41. The second-order valence-corrected chi connectivity index (χ2v) is 5.55. The summed E-state index contributed by atoms with van der Waals surface area (Å²) < 4.78 is 1.06. The van der Waals surface area contributed by atoms with Gasteiger partial charge in [-0.15, -0.1) is 0 Å². The first-order valence-electron chi connectivity index (χ1n) is 5.78. The lowest BCUT2D eigenvalue weighted by Crippen LogP contribution is -2.34. The van der Waals surface area contributed by atoms with E-state index in [0.717, 1.165) is 16.6 Å². The van der Waals surface area contributed by atoms with Gasteiger partial charge >= 0.3 is 0 Å². The molecule has 0 radical (unpaired) electrons. The third-order valence-electron chi connectivity index (χ3n) is 2.92. The molecule has 0 saturated heterocycles. The molecule has 0 aliphatic rings. The molecule has 1 aromatic carbocycles. The molecule has 0 aromatic heterocycles. The molecule has 0 atom stereocenters. The van der Waals surface area contributed by atoms with E-state index in [-0.39, 0.29) is 13.2 Å². The molecular formula is C13H20BrNO2. The van der Waals surface area contributed by atoms with Crippen LogP contribution in [0.4, 0.5) is 5.69 Å². The van der Waals surface area contributed by atoms with Crippen LogP contribution in [-0.4, -0.2) is 30.0 Å². The molecule has 96 valence electrons. The molecule has 0 heterocycles. The van der Waals surface area contributed by atoms with Crippen LogP contribution < -0.4 is 5.32 Å². The average molecular weight is 302 g/mol. The number of nitrogens with one attached hydrogen (secondary N) is 1. The number of benzene rings is 1. The first-order chi connectivity index (χ1) is 8.04. The highest BCUT2D eigenvalue weighted by atomic mass is 79.9. The van der Waals surface area contributed by atoms with E-state index in [1.54, 1.807) is 0 Å². The van der Waals surface area contributed by atoms with Crippen molar-refractivity contribution in [3.05, 3.63) is 28.2 Å². The number of aliphatic hydroxyl groups excluding tert-OH is 2. The maximum absolute atomic E-state index is 9.23. The quantitative estimate of drug-likeness (QED) is 0.756. The van der Waals surface area contributed by atoms with Gasteiger partial charge in [0.15, 0.2) is 0 Å². The zero-order chi connectivity index (χ0) is 12.9. The van der Waals surface area contributed by atoms with Crippen molar-refractivity contribution in [1.29, 1.82) is 0 Å². The summed E-state index contributed by atoms with van der Waals surface area (Å²) in [6, 6.07) is 6.08. The summed E-state index contributed by atoms with van der Waals surface area (Å²) in [5.74, 6) is 0. The van der Waals surface area contributed by atoms with Gasteiger partial charge < -0.3 is 15.5 Å². The molecule has 1 aromatic rings. The zero-order valence-corrected chi connectivity index (χ0v) is 11.9. The predicted molar refractivity (Wildman–Crippen MR) is 74.3 cm³/mol. The van der Waals surface area contributed by atoms with E-state index >= 15 is 0 Å². The van der Waals surface area contributed by atoms with Crippen LogP contribution in [-0.2, 0) is 6.42 Å². The smallest absolute Gasteiger partial charge is 0.0523 e. The molecule has 0 aliphatic carbocycles. The fourth-order valence-corrected chi connectivity index (χ4v) is 1.91. The van der Waals surface area contributed by atoms with Crippen LogP contribution in [0.5, 0.6) is 0 Å². The molecule has 0 fully saturated rings. The van der Waals surface area contributed by atoms with Gasteiger partial charge in [-0.1, -0.05) is 29.8 Å². The van der Waals surface area contributed by atoms with Crippen LogP contribution in [0.1, 0.15) is 19.4 Å². The van der Waals surface area contributed by atoms with Crippen LogP contribution in [0.2, 0.25) is 0 Å². The van der Waals surface area contributed by atoms with E-state index in [0.29, 0.717) is 6.54 Å². The van der Waals surface area contributed by atoms with Crippen LogP contribution in [0.15, 0.2) is 22.7 Å². The van der Waals surface area contributed by atoms with E-state index in [1.165, 1.54) is 5.56 Å². The summed E-state index contributed by atoms with van der Waals surface area (Å²) >= 11 is 3.45. The number of aliphatic hydroxyl groups is 2. The first kappa shape index (κ1) is 14.5. The highest BCUT2D eigenvalue weighted by molar-refractivity contribution is 9.10. The molecule has 0 amide bonds. The van der Waals surface area contributed by atoms with E-state index in [9.17, 15) is 10.2 Å². The molecule has 3 N–H and O–H groups in total. The Morgan fingerprint density at radius 3 is 2.47 bits per heavy atom. The minimum absolute atomic E-state index is 0.0332. The first-order valence-corrected chi connectivity index (χ1v) is 6.58. The summed E-state index contributed by atoms with van der Waals surface area (Å²) in [7, 11) is 0. The second-order valence-electron chi connectivity index (χ2n) is 4.64. The largest absolute Gasteiger partial charge is 0.396 e. The van der Waals surface area contributed by atoms with Gasteiger partial charge in [0.2, 0.25) is 0 Å². The van der Waals surface area contributed by atoms with E-state index in [4.69, 9.17) is 0 Å². The van der Waals surface area contributed by atoms with Crippen molar-refractivity contribution in [2.24, 2.45) is 5.41 Å². The Labute approximate surface area is 111 Å². The topological polar surface area (TPSA) is 52.5 Å². The number of aryl methyl sites for hydroxylation is 1. The van der Waals surface area contributed by atoms with Crippen molar-refractivity contribution in [3.63, 3.8) is 0 Å². The Morgan fingerprint density at radius 1 is 1.29 bits per heavy atom. The lowest BCUT2D eigenvalue weighted by Gasteiger charge is -2.26. The normalized spacial score (nSPS) is 11.6.